The molecule has 0 radical (unpaired) electrons. The topological polar surface area (TPSA) is 46.6 Å². The lowest BCUT2D eigenvalue weighted by Gasteiger charge is -2.26. The fourth-order valence-corrected chi connectivity index (χ4v) is 2.64. The average molecular weight is 231 g/mol. The van der Waals surface area contributed by atoms with Crippen molar-refractivity contribution in [1.29, 1.82) is 0 Å². The minimum absolute atomic E-state index is 0.138. The first kappa shape index (κ1) is 10.3. The molecule has 1 aromatic carbocycles. The predicted molar refractivity (Wildman–Crippen MR) is 62.6 cm³/mol. The van der Waals surface area contributed by atoms with Crippen molar-refractivity contribution in [3.8, 4) is 5.75 Å². The molecule has 88 valence electrons. The summed E-state index contributed by atoms with van der Waals surface area (Å²) < 4.78 is 5.20. The van der Waals surface area contributed by atoms with Crippen molar-refractivity contribution < 1.29 is 14.3 Å². The second-order valence-electron chi connectivity index (χ2n) is 4.62. The van der Waals surface area contributed by atoms with Gasteiger partial charge in [-0.1, -0.05) is 0 Å². The van der Waals surface area contributed by atoms with Crippen molar-refractivity contribution in [3.63, 3.8) is 0 Å². The standard InChI is InChI=1S/C13H13NO3/c1-14-11-3-7(6-15)12(17-2)5-9(11)8-4-10(8)13(14)16/h3,5-6,8,10H,4H2,1-2H3/t8?,10-/m1/s1. The number of carbonyl (C=O) groups is 2. The highest BCUT2D eigenvalue weighted by Crippen LogP contribution is 2.55. The van der Waals surface area contributed by atoms with E-state index in [1.807, 2.05) is 6.07 Å². The van der Waals surface area contributed by atoms with E-state index in [9.17, 15) is 9.59 Å². The molecule has 1 aliphatic heterocycles. The van der Waals surface area contributed by atoms with Crippen molar-refractivity contribution in [3.05, 3.63) is 23.3 Å². The van der Waals surface area contributed by atoms with Gasteiger partial charge in [0.15, 0.2) is 6.29 Å². The summed E-state index contributed by atoms with van der Waals surface area (Å²) in [7, 11) is 3.31. The van der Waals surface area contributed by atoms with Crippen LogP contribution in [0.25, 0.3) is 0 Å². The lowest BCUT2D eigenvalue weighted by molar-refractivity contribution is -0.119. The lowest BCUT2D eigenvalue weighted by Crippen LogP contribution is -2.32. The van der Waals surface area contributed by atoms with E-state index in [-0.39, 0.29) is 11.8 Å². The number of fused-ring (bicyclic) bond motifs is 3. The molecule has 0 spiro atoms. The molecule has 17 heavy (non-hydrogen) atoms. The van der Waals surface area contributed by atoms with Gasteiger partial charge in [-0.05, 0) is 30.0 Å². The third-order valence-corrected chi connectivity index (χ3v) is 3.71. The highest BCUT2D eigenvalue weighted by Gasteiger charge is 2.50. The lowest BCUT2D eigenvalue weighted by atomic mass is 9.98. The number of hydrogen-bond acceptors (Lipinski definition) is 3. The Balaban J connectivity index is 2.18. The van der Waals surface area contributed by atoms with E-state index in [0.717, 1.165) is 24.0 Å². The smallest absolute Gasteiger partial charge is 0.230 e. The summed E-state index contributed by atoms with van der Waals surface area (Å²) in [4.78, 5) is 24.5. The number of benzene rings is 1. The van der Waals surface area contributed by atoms with Crippen molar-refractivity contribution in [2.24, 2.45) is 5.92 Å². The van der Waals surface area contributed by atoms with E-state index < -0.39 is 0 Å². The maximum Gasteiger partial charge on any atom is 0.230 e. The number of methoxy groups -OCH3 is 1. The molecule has 1 heterocycles. The van der Waals surface area contributed by atoms with Gasteiger partial charge in [0.25, 0.3) is 0 Å². The van der Waals surface area contributed by atoms with E-state index in [1.54, 1.807) is 25.1 Å². The van der Waals surface area contributed by atoms with Gasteiger partial charge in [-0.25, -0.2) is 0 Å². The number of rotatable bonds is 2. The van der Waals surface area contributed by atoms with Crippen LogP contribution in [-0.2, 0) is 4.79 Å². The summed E-state index contributed by atoms with van der Waals surface area (Å²) in [6.07, 6.45) is 1.68. The van der Waals surface area contributed by atoms with E-state index in [0.29, 0.717) is 17.2 Å². The minimum Gasteiger partial charge on any atom is -0.496 e. The van der Waals surface area contributed by atoms with Crippen molar-refractivity contribution in [2.75, 3.05) is 19.1 Å². The Morgan fingerprint density at radius 3 is 2.82 bits per heavy atom. The third kappa shape index (κ3) is 1.30. The summed E-state index contributed by atoms with van der Waals surface area (Å²) in [5.74, 6) is 1.21. The van der Waals surface area contributed by atoms with Crippen LogP contribution in [0.3, 0.4) is 0 Å². The Kier molecular flexibility index (Phi) is 2.02. The van der Waals surface area contributed by atoms with Crippen LogP contribution in [-0.4, -0.2) is 26.4 Å². The van der Waals surface area contributed by atoms with Gasteiger partial charge in [0, 0.05) is 18.7 Å². The second kappa shape index (κ2) is 3.32. The summed E-state index contributed by atoms with van der Waals surface area (Å²) in [6.45, 7) is 0. The van der Waals surface area contributed by atoms with Gasteiger partial charge in [0.1, 0.15) is 5.75 Å². The Morgan fingerprint density at radius 1 is 1.41 bits per heavy atom. The molecule has 4 heteroatoms. The first-order valence-corrected chi connectivity index (χ1v) is 5.62. The highest BCUT2D eigenvalue weighted by atomic mass is 16.5. The van der Waals surface area contributed by atoms with Crippen LogP contribution in [0, 0.1) is 5.92 Å². The van der Waals surface area contributed by atoms with Crippen LogP contribution in [0.2, 0.25) is 0 Å². The fourth-order valence-electron chi connectivity index (χ4n) is 2.64. The average Bonchev–Trinajstić information content (AvgIpc) is 3.14. The predicted octanol–water partition coefficient (Wildman–Crippen LogP) is 1.59. The number of carbonyl (C=O) groups excluding carboxylic acids is 2. The Labute approximate surface area is 99.2 Å². The van der Waals surface area contributed by atoms with Crippen LogP contribution >= 0.6 is 0 Å². The molecule has 1 amide bonds. The quantitative estimate of drug-likeness (QED) is 0.726. The van der Waals surface area contributed by atoms with E-state index in [2.05, 4.69) is 0 Å². The van der Waals surface area contributed by atoms with Gasteiger partial charge >= 0.3 is 0 Å². The van der Waals surface area contributed by atoms with Crippen LogP contribution < -0.4 is 9.64 Å². The molecule has 2 atom stereocenters. The summed E-state index contributed by atoms with van der Waals surface area (Å²) in [5.41, 5.74) is 2.46. The molecule has 4 nitrogen and oxygen atoms in total. The van der Waals surface area contributed by atoms with E-state index in [1.165, 1.54) is 0 Å². The second-order valence-corrected chi connectivity index (χ2v) is 4.62. The molecule has 0 N–H and O–H groups in total. The maximum absolute atomic E-state index is 11.9. The van der Waals surface area contributed by atoms with Gasteiger partial charge in [0.05, 0.1) is 12.7 Å². The summed E-state index contributed by atoms with van der Waals surface area (Å²) in [6, 6.07) is 3.64. The SMILES string of the molecule is COc1cc2c(cc1C=O)N(C)C(=O)[C@@H]1CC21. The Hall–Kier alpha value is -1.84. The van der Waals surface area contributed by atoms with Crippen molar-refractivity contribution in [2.45, 2.75) is 12.3 Å². The molecule has 1 unspecified atom stereocenters. The number of anilines is 1. The molecular formula is C13H13NO3. The Bertz CT molecular complexity index is 524. The van der Waals surface area contributed by atoms with Gasteiger partial charge < -0.3 is 9.64 Å². The first-order valence-electron chi connectivity index (χ1n) is 5.62. The monoisotopic (exact) mass is 231 g/mol. The molecule has 0 bridgehead atoms. The van der Waals surface area contributed by atoms with Crippen LogP contribution in [0.4, 0.5) is 5.69 Å². The highest BCUT2D eigenvalue weighted by molar-refractivity contribution is 6.02. The Morgan fingerprint density at radius 2 is 2.18 bits per heavy atom. The van der Waals surface area contributed by atoms with Gasteiger partial charge in [-0.15, -0.1) is 0 Å². The van der Waals surface area contributed by atoms with Gasteiger partial charge in [-0.3, -0.25) is 9.59 Å². The normalized spacial score (nSPS) is 25.1. The van der Waals surface area contributed by atoms with Gasteiger partial charge in [0.2, 0.25) is 5.91 Å². The van der Waals surface area contributed by atoms with Crippen molar-refractivity contribution >= 4 is 17.9 Å². The molecule has 0 aromatic heterocycles. The van der Waals surface area contributed by atoms with E-state index >= 15 is 0 Å². The maximum atomic E-state index is 11.9. The van der Waals surface area contributed by atoms with E-state index in [4.69, 9.17) is 4.74 Å². The molecule has 0 saturated heterocycles. The van der Waals surface area contributed by atoms with Crippen LogP contribution in [0.1, 0.15) is 28.3 Å². The summed E-state index contributed by atoms with van der Waals surface area (Å²) in [5, 5.41) is 0. The molecule has 1 aromatic rings. The zero-order valence-electron chi connectivity index (χ0n) is 9.77. The molecule has 1 saturated carbocycles. The zero-order chi connectivity index (χ0) is 12.2. The largest absolute Gasteiger partial charge is 0.496 e. The number of nitrogens with zero attached hydrogens (tertiary/aromatic N) is 1. The summed E-state index contributed by atoms with van der Waals surface area (Å²) >= 11 is 0. The number of aldehydes is 1. The molecule has 3 rings (SSSR count). The van der Waals surface area contributed by atoms with Gasteiger partial charge in [-0.2, -0.15) is 0 Å². The first-order chi connectivity index (χ1) is 8.17. The zero-order valence-corrected chi connectivity index (χ0v) is 9.77. The number of amides is 1. The molecular weight excluding hydrogens is 218 g/mol. The third-order valence-electron chi connectivity index (χ3n) is 3.71. The fraction of sp³-hybridized carbons (Fsp3) is 0.385. The van der Waals surface area contributed by atoms with Crippen molar-refractivity contribution in [1.82, 2.24) is 0 Å². The number of hydrogen-bond donors (Lipinski definition) is 0. The molecule has 1 fully saturated rings. The number of ether oxygens (including phenoxy) is 1. The van der Waals surface area contributed by atoms with Crippen LogP contribution in [0.5, 0.6) is 5.75 Å². The van der Waals surface area contributed by atoms with Crippen LogP contribution in [0.15, 0.2) is 12.1 Å². The molecule has 1 aliphatic carbocycles. The molecule has 2 aliphatic rings. The minimum atomic E-state index is 0.138.